The monoisotopic (exact) mass is 328 g/mol. The van der Waals surface area contributed by atoms with Crippen LogP contribution in [0.5, 0.6) is 0 Å². The molecule has 0 atom stereocenters. The highest BCUT2D eigenvalue weighted by Gasteiger charge is 2.15. The van der Waals surface area contributed by atoms with Crippen molar-refractivity contribution in [2.75, 3.05) is 0 Å². The van der Waals surface area contributed by atoms with Gasteiger partial charge in [-0.2, -0.15) is 0 Å². The zero-order valence-corrected chi connectivity index (χ0v) is 16.8. The SMILES string of the molecule is CC1=C(C)/C(C)=C(C)\C(C)=C(c2c(C)cc(C)cc2C)/P=P\1. The molecule has 1 aliphatic heterocycles. The van der Waals surface area contributed by atoms with Crippen LogP contribution in [0.25, 0.3) is 5.31 Å². The Labute approximate surface area is 138 Å². The van der Waals surface area contributed by atoms with E-state index in [4.69, 9.17) is 0 Å². The number of aryl methyl sites for hydroxylation is 3. The molecule has 0 fully saturated rings. The lowest BCUT2D eigenvalue weighted by Gasteiger charge is -2.19. The summed E-state index contributed by atoms with van der Waals surface area (Å²) in [5.74, 6) is 0. The fraction of sp³-hybridized carbons (Fsp3) is 0.400. The minimum absolute atomic E-state index is 1.35. The van der Waals surface area contributed by atoms with E-state index in [-0.39, 0.29) is 0 Å². The van der Waals surface area contributed by atoms with Crippen molar-refractivity contribution in [2.24, 2.45) is 0 Å². The summed E-state index contributed by atoms with van der Waals surface area (Å²) in [6.07, 6.45) is 0. The second-order valence-electron chi connectivity index (χ2n) is 6.41. The maximum Gasteiger partial charge on any atom is 0.0173 e. The Balaban J connectivity index is 2.78. The van der Waals surface area contributed by atoms with Crippen LogP contribution in [0.3, 0.4) is 0 Å². The van der Waals surface area contributed by atoms with Gasteiger partial charge in [-0.3, -0.25) is 0 Å². The van der Waals surface area contributed by atoms with E-state index < -0.39 is 0 Å². The number of hydrogen-bond acceptors (Lipinski definition) is 0. The molecule has 116 valence electrons. The number of benzene rings is 1. The van der Waals surface area contributed by atoms with Crippen molar-refractivity contribution in [3.8, 4) is 0 Å². The van der Waals surface area contributed by atoms with E-state index in [9.17, 15) is 0 Å². The normalized spacial score (nSPS) is 27.6. The summed E-state index contributed by atoms with van der Waals surface area (Å²) in [5, 5.41) is 2.99. The quantitative estimate of drug-likeness (QED) is 0.461. The lowest BCUT2D eigenvalue weighted by atomic mass is 9.93. The molecule has 0 spiro atoms. The van der Waals surface area contributed by atoms with E-state index in [1.165, 1.54) is 70.9 Å². The molecule has 0 nitrogen and oxygen atoms in total. The smallest absolute Gasteiger partial charge is 0.0173 e. The highest BCUT2D eigenvalue weighted by Crippen LogP contribution is 2.46. The van der Waals surface area contributed by atoms with Crippen LogP contribution in [0.2, 0.25) is 0 Å². The summed E-state index contributed by atoms with van der Waals surface area (Å²) in [7, 11) is 2.81. The van der Waals surface area contributed by atoms with Crippen LogP contribution in [-0.2, 0) is 0 Å². The topological polar surface area (TPSA) is 0 Å². The number of rotatable bonds is 1. The van der Waals surface area contributed by atoms with Crippen LogP contribution in [0.4, 0.5) is 0 Å². The molecular weight excluding hydrogens is 302 g/mol. The van der Waals surface area contributed by atoms with Gasteiger partial charge in [0.05, 0.1) is 0 Å². The van der Waals surface area contributed by atoms with Crippen LogP contribution in [0.15, 0.2) is 39.7 Å². The zero-order valence-electron chi connectivity index (χ0n) is 15.0. The number of allylic oxidation sites excluding steroid dienone is 5. The highest BCUT2D eigenvalue weighted by molar-refractivity contribution is 7.91. The third kappa shape index (κ3) is 3.19. The van der Waals surface area contributed by atoms with Gasteiger partial charge in [-0.15, -0.1) is 0 Å². The molecule has 0 radical (unpaired) electrons. The lowest BCUT2D eigenvalue weighted by Crippen LogP contribution is -1.97. The lowest BCUT2D eigenvalue weighted by molar-refractivity contribution is 1.21. The maximum absolute atomic E-state index is 2.31. The van der Waals surface area contributed by atoms with Gasteiger partial charge in [0.15, 0.2) is 0 Å². The Morgan fingerprint density at radius 1 is 0.591 bits per heavy atom. The van der Waals surface area contributed by atoms with Gasteiger partial charge >= 0.3 is 0 Å². The largest absolute Gasteiger partial charge is 0.0557 e. The van der Waals surface area contributed by atoms with Gasteiger partial charge in [-0.05, 0) is 115 Å². The molecular formula is C20H26P2. The molecule has 22 heavy (non-hydrogen) atoms. The molecule has 2 rings (SSSR count). The molecule has 0 saturated heterocycles. The minimum Gasteiger partial charge on any atom is -0.0557 e. The summed E-state index contributed by atoms with van der Waals surface area (Å²) >= 11 is 0. The Bertz CT molecular complexity index is 733. The molecule has 0 unspecified atom stereocenters. The predicted octanol–water partition coefficient (Wildman–Crippen LogP) is 7.79. The molecule has 1 aromatic rings. The summed E-state index contributed by atoms with van der Waals surface area (Å²) in [5.41, 5.74) is 11.4. The van der Waals surface area contributed by atoms with Crippen molar-refractivity contribution in [2.45, 2.75) is 55.4 Å². The van der Waals surface area contributed by atoms with Gasteiger partial charge in [0, 0.05) is 5.31 Å². The molecule has 0 N–H and O–H groups in total. The van der Waals surface area contributed by atoms with Crippen LogP contribution in [0, 0.1) is 20.8 Å². The third-order valence-corrected chi connectivity index (χ3v) is 8.09. The van der Waals surface area contributed by atoms with Gasteiger partial charge < -0.3 is 0 Å². The first kappa shape index (κ1) is 17.4. The molecule has 1 heterocycles. The fourth-order valence-electron chi connectivity index (χ4n) is 3.08. The zero-order chi connectivity index (χ0) is 16.6. The first-order valence-electron chi connectivity index (χ1n) is 7.80. The first-order valence-corrected chi connectivity index (χ1v) is 10.3. The average molecular weight is 328 g/mol. The van der Waals surface area contributed by atoms with E-state index in [1.807, 2.05) is 0 Å². The van der Waals surface area contributed by atoms with Crippen LogP contribution < -0.4 is 0 Å². The number of hydrogen-bond donors (Lipinski definition) is 0. The Morgan fingerprint density at radius 3 is 1.64 bits per heavy atom. The second-order valence-corrected chi connectivity index (χ2v) is 9.13. The van der Waals surface area contributed by atoms with Crippen molar-refractivity contribution >= 4 is 21.0 Å². The van der Waals surface area contributed by atoms with Crippen molar-refractivity contribution in [1.82, 2.24) is 0 Å². The van der Waals surface area contributed by atoms with E-state index in [2.05, 4.69) is 67.5 Å². The molecule has 0 bridgehead atoms. The van der Waals surface area contributed by atoms with E-state index in [0.717, 1.165) is 0 Å². The van der Waals surface area contributed by atoms with Crippen LogP contribution in [-0.4, -0.2) is 0 Å². The molecule has 1 aliphatic rings. The second kappa shape index (κ2) is 6.66. The molecule has 0 amide bonds. The fourth-order valence-corrected chi connectivity index (χ4v) is 6.37. The Morgan fingerprint density at radius 2 is 1.09 bits per heavy atom. The van der Waals surface area contributed by atoms with Gasteiger partial charge in [-0.25, -0.2) is 0 Å². The first-order chi connectivity index (χ1) is 10.2. The molecule has 2 heteroatoms. The van der Waals surface area contributed by atoms with Crippen LogP contribution in [0.1, 0.15) is 56.9 Å². The van der Waals surface area contributed by atoms with E-state index in [0.29, 0.717) is 0 Å². The molecule has 0 aliphatic carbocycles. The van der Waals surface area contributed by atoms with Crippen molar-refractivity contribution in [3.05, 3.63) is 62.0 Å². The summed E-state index contributed by atoms with van der Waals surface area (Å²) < 4.78 is 0. The summed E-state index contributed by atoms with van der Waals surface area (Å²) in [6.45, 7) is 18.1. The standard InChI is InChI=1S/C20H26P2/c1-11-9-12(2)19(13(3)10-11)20-17(7)15(5)14(4)16(6)18(8)21-22-20/h9-10H,1-8H3/b15-14-,16-14?,17-15?,18-16-,20-17-. The molecule has 0 aromatic heterocycles. The van der Waals surface area contributed by atoms with Crippen molar-refractivity contribution < 1.29 is 0 Å². The minimum atomic E-state index is 1.35. The van der Waals surface area contributed by atoms with Gasteiger partial charge in [0.25, 0.3) is 0 Å². The Hall–Kier alpha value is -0.960. The average Bonchev–Trinajstić information content (AvgIpc) is 2.45. The summed E-state index contributed by atoms with van der Waals surface area (Å²) in [4.78, 5) is 0. The maximum atomic E-state index is 2.31. The van der Waals surface area contributed by atoms with E-state index in [1.54, 1.807) is 0 Å². The molecule has 1 aromatic carbocycles. The van der Waals surface area contributed by atoms with E-state index >= 15 is 0 Å². The van der Waals surface area contributed by atoms with Crippen LogP contribution >= 0.6 is 15.7 Å². The molecule has 0 saturated carbocycles. The van der Waals surface area contributed by atoms with Crippen molar-refractivity contribution in [1.29, 1.82) is 0 Å². The third-order valence-electron chi connectivity index (χ3n) is 4.80. The predicted molar refractivity (Wildman–Crippen MR) is 104 cm³/mol. The van der Waals surface area contributed by atoms with Gasteiger partial charge in [0.1, 0.15) is 0 Å². The van der Waals surface area contributed by atoms with Gasteiger partial charge in [0.2, 0.25) is 0 Å². The highest BCUT2D eigenvalue weighted by atomic mass is 31.7. The van der Waals surface area contributed by atoms with Gasteiger partial charge in [-0.1, -0.05) is 17.7 Å². The summed E-state index contributed by atoms with van der Waals surface area (Å²) in [6, 6.07) is 4.63. The Kier molecular flexibility index (Phi) is 5.26. The van der Waals surface area contributed by atoms with Crippen molar-refractivity contribution in [3.63, 3.8) is 0 Å².